The number of hydrogen-bond acceptors (Lipinski definition) is 5. The molecule has 0 aliphatic rings. The van der Waals surface area contributed by atoms with Crippen LogP contribution in [0.1, 0.15) is 11.1 Å². The monoisotopic (exact) mass is 819 g/mol. The molecule has 0 saturated heterocycles. The molecule has 0 radical (unpaired) electrons. The summed E-state index contributed by atoms with van der Waals surface area (Å²) in [7, 11) is 0. The molecule has 4 aromatic carbocycles. The number of aromatic nitrogens is 2. The van der Waals surface area contributed by atoms with Crippen LogP contribution in [0.4, 0.5) is 4.39 Å². The summed E-state index contributed by atoms with van der Waals surface area (Å²) < 4.78 is 29.5. The molecule has 2 heterocycles. The number of halogens is 4. The molecule has 6 rings (SSSR count). The molecule has 198 valence electrons. The van der Waals surface area contributed by atoms with Gasteiger partial charge in [0.15, 0.2) is 5.76 Å². The molecule has 0 N–H and O–H groups in total. The highest BCUT2D eigenvalue weighted by Crippen LogP contribution is 2.31. The molecule has 10 heteroatoms. The van der Waals surface area contributed by atoms with Crippen molar-refractivity contribution in [2.75, 3.05) is 0 Å². The van der Waals surface area contributed by atoms with Gasteiger partial charge in [-0.25, -0.2) is 9.37 Å². The average Bonchev–Trinajstić information content (AvgIpc) is 3.35. The van der Waals surface area contributed by atoms with Crippen molar-refractivity contribution in [3.8, 4) is 17.3 Å². The predicted molar refractivity (Wildman–Crippen MR) is 175 cm³/mol. The van der Waals surface area contributed by atoms with Crippen LogP contribution in [-0.4, -0.2) is 15.9 Å². The van der Waals surface area contributed by atoms with Gasteiger partial charge in [0.1, 0.15) is 23.8 Å². The number of hydrogen-bond donors (Lipinski definition) is 0. The molecule has 0 spiro atoms. The Morgan fingerprint density at radius 2 is 1.80 bits per heavy atom. The first kappa shape index (κ1) is 27.1. The Hall–Kier alpha value is -3.10. The lowest BCUT2D eigenvalue weighted by Crippen LogP contribution is -2.20. The van der Waals surface area contributed by atoms with Gasteiger partial charge in [-0.05, 0) is 117 Å². The van der Waals surface area contributed by atoms with E-state index in [9.17, 15) is 9.18 Å². The SMILES string of the molecule is O=c1c2ccccc2nc(-c2cc3cc(Br)ccc3o2)n1N=Cc1cc(I)c(OCc2cccc(F)c2)c(I)c1. The highest BCUT2D eigenvalue weighted by molar-refractivity contribution is 14.1. The van der Waals surface area contributed by atoms with Crippen molar-refractivity contribution in [2.45, 2.75) is 6.61 Å². The maximum Gasteiger partial charge on any atom is 0.282 e. The third-order valence-corrected chi connectivity index (χ3v) is 8.16. The lowest BCUT2D eigenvalue weighted by molar-refractivity contribution is 0.301. The van der Waals surface area contributed by atoms with E-state index in [0.29, 0.717) is 33.8 Å². The summed E-state index contributed by atoms with van der Waals surface area (Å²) >= 11 is 7.88. The average molecular weight is 820 g/mol. The van der Waals surface area contributed by atoms with Gasteiger partial charge in [-0.1, -0.05) is 40.2 Å². The van der Waals surface area contributed by atoms with Crippen LogP contribution in [0.5, 0.6) is 5.75 Å². The fourth-order valence-corrected chi connectivity index (χ4v) is 6.72. The van der Waals surface area contributed by atoms with Crippen molar-refractivity contribution in [2.24, 2.45) is 5.10 Å². The molecule has 0 unspecified atom stereocenters. The molecule has 0 bridgehead atoms. The minimum Gasteiger partial charge on any atom is -0.487 e. The number of fused-ring (bicyclic) bond motifs is 2. The Bertz CT molecular complexity index is 1980. The molecule has 0 saturated carbocycles. The van der Waals surface area contributed by atoms with Crippen LogP contribution < -0.4 is 10.3 Å². The Morgan fingerprint density at radius 3 is 2.60 bits per heavy atom. The highest BCUT2D eigenvalue weighted by atomic mass is 127. The Morgan fingerprint density at radius 1 is 1.00 bits per heavy atom. The molecule has 2 aromatic heterocycles. The van der Waals surface area contributed by atoms with Crippen molar-refractivity contribution in [1.29, 1.82) is 0 Å². The maximum atomic E-state index is 13.6. The van der Waals surface area contributed by atoms with Gasteiger partial charge in [-0.3, -0.25) is 4.79 Å². The predicted octanol–water partition coefficient (Wildman–Crippen LogP) is 8.38. The topological polar surface area (TPSA) is 69.6 Å². The van der Waals surface area contributed by atoms with Gasteiger partial charge in [-0.2, -0.15) is 9.78 Å². The number of rotatable bonds is 6. The number of ether oxygens (including phenoxy) is 1. The second-order valence-electron chi connectivity index (χ2n) is 8.84. The second kappa shape index (κ2) is 11.4. The molecule has 0 aliphatic heterocycles. The summed E-state index contributed by atoms with van der Waals surface area (Å²) in [4.78, 5) is 18.3. The van der Waals surface area contributed by atoms with Crippen LogP contribution in [0.15, 0.2) is 104 Å². The summed E-state index contributed by atoms with van der Waals surface area (Å²) in [6.45, 7) is 0.243. The van der Waals surface area contributed by atoms with Gasteiger partial charge in [0.05, 0.1) is 24.3 Å². The molecule has 6 aromatic rings. The molecule has 0 atom stereocenters. The Balaban J connectivity index is 1.38. The fraction of sp³-hybridized carbons (Fsp3) is 0.0333. The van der Waals surface area contributed by atoms with Gasteiger partial charge < -0.3 is 9.15 Å². The van der Waals surface area contributed by atoms with Crippen molar-refractivity contribution in [3.63, 3.8) is 0 Å². The lowest BCUT2D eigenvalue weighted by Gasteiger charge is -2.12. The third-order valence-electron chi connectivity index (χ3n) is 6.07. The van der Waals surface area contributed by atoms with Crippen molar-refractivity contribution < 1.29 is 13.5 Å². The lowest BCUT2D eigenvalue weighted by atomic mass is 10.2. The van der Waals surface area contributed by atoms with Crippen LogP contribution in [0.25, 0.3) is 33.5 Å². The summed E-state index contributed by atoms with van der Waals surface area (Å²) in [5, 5.41) is 5.89. The zero-order valence-corrected chi connectivity index (χ0v) is 26.3. The van der Waals surface area contributed by atoms with Gasteiger partial charge in [0, 0.05) is 9.86 Å². The number of para-hydroxylation sites is 1. The van der Waals surface area contributed by atoms with E-state index in [1.807, 2.05) is 48.5 Å². The van der Waals surface area contributed by atoms with Crippen molar-refractivity contribution in [1.82, 2.24) is 9.66 Å². The van der Waals surface area contributed by atoms with Gasteiger partial charge in [-0.15, -0.1) is 0 Å². The van der Waals surface area contributed by atoms with Crippen LogP contribution in [-0.2, 0) is 6.61 Å². The minimum absolute atomic E-state index is 0.243. The van der Waals surface area contributed by atoms with Crippen molar-refractivity contribution in [3.05, 3.63) is 124 Å². The van der Waals surface area contributed by atoms with Crippen molar-refractivity contribution >= 4 is 89.2 Å². The summed E-state index contributed by atoms with van der Waals surface area (Å²) in [6.07, 6.45) is 1.61. The molecule has 0 aliphatic carbocycles. The highest BCUT2D eigenvalue weighted by Gasteiger charge is 2.17. The fourth-order valence-electron chi connectivity index (χ4n) is 4.21. The molecular formula is C30H17BrFI2N3O3. The summed E-state index contributed by atoms with van der Waals surface area (Å²) in [6, 6.07) is 24.8. The molecule has 0 amide bonds. The van der Waals surface area contributed by atoms with E-state index in [4.69, 9.17) is 14.1 Å². The van der Waals surface area contributed by atoms with Gasteiger partial charge in [0.25, 0.3) is 5.56 Å². The van der Waals surface area contributed by atoms with Crippen LogP contribution >= 0.6 is 61.1 Å². The zero-order valence-electron chi connectivity index (χ0n) is 20.4. The number of nitrogens with zero attached hydrogens (tertiary/aromatic N) is 3. The molecular weight excluding hydrogens is 803 g/mol. The number of furan rings is 1. The molecule has 6 nitrogen and oxygen atoms in total. The van der Waals surface area contributed by atoms with Gasteiger partial charge in [0.2, 0.25) is 5.82 Å². The number of benzene rings is 4. The normalized spacial score (nSPS) is 11.6. The maximum absolute atomic E-state index is 13.6. The van der Waals surface area contributed by atoms with E-state index in [1.54, 1.807) is 30.5 Å². The van der Waals surface area contributed by atoms with E-state index < -0.39 is 0 Å². The molecule has 40 heavy (non-hydrogen) atoms. The Kier molecular flexibility index (Phi) is 7.73. The van der Waals surface area contributed by atoms with E-state index in [-0.39, 0.29) is 18.0 Å². The first-order chi connectivity index (χ1) is 19.4. The third kappa shape index (κ3) is 5.56. The van der Waals surface area contributed by atoms with Crippen LogP contribution in [0.3, 0.4) is 0 Å². The standard InChI is InChI=1S/C30H17BrFI2N3O3/c31-20-8-9-26-19(13-20)14-27(40-26)29-36-25-7-2-1-6-22(25)30(38)37(29)35-15-18-11-23(33)28(24(34)12-18)39-16-17-4-3-5-21(32)10-17/h1-15H,16H2. The largest absolute Gasteiger partial charge is 0.487 e. The smallest absolute Gasteiger partial charge is 0.282 e. The summed E-state index contributed by atoms with van der Waals surface area (Å²) in [5.41, 5.74) is 2.43. The van der Waals surface area contributed by atoms with E-state index in [2.05, 4.69) is 66.2 Å². The van der Waals surface area contributed by atoms with Gasteiger partial charge >= 0.3 is 0 Å². The van der Waals surface area contributed by atoms with Crippen LogP contribution in [0, 0.1) is 13.0 Å². The van der Waals surface area contributed by atoms with E-state index >= 15 is 0 Å². The zero-order chi connectivity index (χ0) is 27.8. The quantitative estimate of drug-likeness (QED) is 0.125. The summed E-state index contributed by atoms with van der Waals surface area (Å²) in [5.74, 6) is 1.12. The Labute approximate surface area is 263 Å². The second-order valence-corrected chi connectivity index (χ2v) is 12.1. The molecule has 0 fully saturated rings. The van der Waals surface area contributed by atoms with E-state index in [1.165, 1.54) is 16.8 Å². The van der Waals surface area contributed by atoms with E-state index in [0.717, 1.165) is 28.1 Å². The first-order valence-electron chi connectivity index (χ1n) is 12.0. The van der Waals surface area contributed by atoms with Crippen LogP contribution in [0.2, 0.25) is 0 Å². The minimum atomic E-state index is -0.307. The first-order valence-corrected chi connectivity index (χ1v) is 14.9.